The highest BCUT2D eigenvalue weighted by molar-refractivity contribution is 5.35. The second kappa shape index (κ2) is 9.24. The van der Waals surface area contributed by atoms with Gasteiger partial charge in [0.05, 0.1) is 11.1 Å². The standard InChI is InChI=1S/C23H23F3N2O3/c1-4-20-27-21(15(3)22(29)28(20)5-2)30-14-16-6-10-18(11-7-16)31-19-12-8-17(9-13-19)23(24,25)26/h6-13H,4-5,14H2,1-3H3. The zero-order chi connectivity index (χ0) is 22.6. The molecule has 3 aromatic rings. The summed E-state index contributed by atoms with van der Waals surface area (Å²) in [7, 11) is 0. The van der Waals surface area contributed by atoms with Gasteiger partial charge in [-0.2, -0.15) is 18.2 Å². The molecule has 2 aromatic carbocycles. The van der Waals surface area contributed by atoms with Gasteiger partial charge in [-0.15, -0.1) is 0 Å². The fraction of sp³-hybridized carbons (Fsp3) is 0.304. The Balaban J connectivity index is 1.66. The predicted molar refractivity (Wildman–Crippen MR) is 111 cm³/mol. The molecule has 0 radical (unpaired) electrons. The van der Waals surface area contributed by atoms with E-state index < -0.39 is 11.7 Å². The zero-order valence-corrected chi connectivity index (χ0v) is 17.5. The number of aryl methyl sites for hydroxylation is 1. The molecule has 0 fully saturated rings. The molecule has 5 nitrogen and oxygen atoms in total. The molecular formula is C23H23F3N2O3. The molecule has 0 bridgehead atoms. The summed E-state index contributed by atoms with van der Waals surface area (Å²) >= 11 is 0. The monoisotopic (exact) mass is 432 g/mol. The van der Waals surface area contributed by atoms with Crippen molar-refractivity contribution in [3.63, 3.8) is 0 Å². The van der Waals surface area contributed by atoms with Gasteiger partial charge < -0.3 is 9.47 Å². The van der Waals surface area contributed by atoms with Gasteiger partial charge >= 0.3 is 6.18 Å². The lowest BCUT2D eigenvalue weighted by atomic mass is 10.2. The minimum atomic E-state index is -4.38. The van der Waals surface area contributed by atoms with Crippen molar-refractivity contribution in [2.24, 2.45) is 0 Å². The molecule has 0 amide bonds. The summed E-state index contributed by atoms with van der Waals surface area (Å²) in [6.07, 6.45) is -3.76. The van der Waals surface area contributed by atoms with Crippen LogP contribution < -0.4 is 15.0 Å². The van der Waals surface area contributed by atoms with Crippen molar-refractivity contribution in [2.45, 2.75) is 46.5 Å². The molecule has 3 rings (SSSR count). The smallest absolute Gasteiger partial charge is 0.416 e. The fourth-order valence-electron chi connectivity index (χ4n) is 3.06. The van der Waals surface area contributed by atoms with Gasteiger partial charge in [0.25, 0.3) is 5.56 Å². The quantitative estimate of drug-likeness (QED) is 0.493. The van der Waals surface area contributed by atoms with Crippen LogP contribution in [0.4, 0.5) is 13.2 Å². The van der Waals surface area contributed by atoms with Gasteiger partial charge in [-0.1, -0.05) is 19.1 Å². The van der Waals surface area contributed by atoms with E-state index in [1.807, 2.05) is 13.8 Å². The predicted octanol–water partition coefficient (Wildman–Crippen LogP) is 5.52. The average Bonchev–Trinajstić information content (AvgIpc) is 2.75. The number of halogens is 3. The first kappa shape index (κ1) is 22.4. The topological polar surface area (TPSA) is 53.4 Å². The molecule has 0 saturated carbocycles. The number of benzene rings is 2. The first-order chi connectivity index (χ1) is 14.7. The lowest BCUT2D eigenvalue weighted by Gasteiger charge is -2.14. The first-order valence-corrected chi connectivity index (χ1v) is 9.90. The summed E-state index contributed by atoms with van der Waals surface area (Å²) in [4.78, 5) is 16.9. The fourth-order valence-corrected chi connectivity index (χ4v) is 3.06. The van der Waals surface area contributed by atoms with Gasteiger partial charge in [0.15, 0.2) is 0 Å². The number of nitrogens with zero attached hydrogens (tertiary/aromatic N) is 2. The van der Waals surface area contributed by atoms with Crippen molar-refractivity contribution in [3.8, 4) is 17.4 Å². The van der Waals surface area contributed by atoms with Gasteiger partial charge in [-0.05, 0) is 55.8 Å². The normalized spacial score (nSPS) is 11.4. The Bertz CT molecular complexity index is 1090. The molecule has 164 valence electrons. The van der Waals surface area contributed by atoms with Crippen LogP contribution in [0.2, 0.25) is 0 Å². The highest BCUT2D eigenvalue weighted by Crippen LogP contribution is 2.31. The largest absolute Gasteiger partial charge is 0.472 e. The Morgan fingerprint density at radius 1 is 0.968 bits per heavy atom. The van der Waals surface area contributed by atoms with E-state index in [0.29, 0.717) is 41.7 Å². The van der Waals surface area contributed by atoms with E-state index in [2.05, 4.69) is 4.98 Å². The van der Waals surface area contributed by atoms with Gasteiger partial charge in [0.1, 0.15) is 23.9 Å². The SMILES string of the molecule is CCc1nc(OCc2ccc(Oc3ccc(C(F)(F)F)cc3)cc2)c(C)c(=O)n1CC. The Morgan fingerprint density at radius 3 is 2.06 bits per heavy atom. The third-order valence-electron chi connectivity index (χ3n) is 4.78. The number of aromatic nitrogens is 2. The van der Waals surface area contributed by atoms with E-state index in [-0.39, 0.29) is 12.2 Å². The second-order valence-electron chi connectivity index (χ2n) is 6.92. The first-order valence-electron chi connectivity index (χ1n) is 9.90. The number of hydrogen-bond donors (Lipinski definition) is 0. The molecule has 0 spiro atoms. The third kappa shape index (κ3) is 5.25. The highest BCUT2D eigenvalue weighted by Gasteiger charge is 2.30. The number of alkyl halides is 3. The number of hydrogen-bond acceptors (Lipinski definition) is 4. The zero-order valence-electron chi connectivity index (χ0n) is 17.5. The summed E-state index contributed by atoms with van der Waals surface area (Å²) in [6, 6.07) is 11.5. The molecule has 1 aromatic heterocycles. The van der Waals surface area contributed by atoms with Crippen LogP contribution >= 0.6 is 0 Å². The van der Waals surface area contributed by atoms with E-state index in [9.17, 15) is 18.0 Å². The summed E-state index contributed by atoms with van der Waals surface area (Å²) in [5, 5.41) is 0. The molecular weight excluding hydrogens is 409 g/mol. The van der Waals surface area contributed by atoms with Crippen molar-refractivity contribution in [2.75, 3.05) is 0 Å². The van der Waals surface area contributed by atoms with E-state index >= 15 is 0 Å². The van der Waals surface area contributed by atoms with Crippen LogP contribution in [0.25, 0.3) is 0 Å². The van der Waals surface area contributed by atoms with Crippen LogP contribution in [0.15, 0.2) is 53.3 Å². The van der Waals surface area contributed by atoms with Crippen molar-refractivity contribution in [1.82, 2.24) is 9.55 Å². The van der Waals surface area contributed by atoms with Crippen molar-refractivity contribution in [3.05, 3.63) is 81.4 Å². The summed E-state index contributed by atoms with van der Waals surface area (Å²) in [6.45, 7) is 6.29. The van der Waals surface area contributed by atoms with E-state index in [4.69, 9.17) is 9.47 Å². The average molecular weight is 432 g/mol. The highest BCUT2D eigenvalue weighted by atomic mass is 19.4. The molecule has 0 unspecified atom stereocenters. The molecule has 0 aliphatic rings. The lowest BCUT2D eigenvalue weighted by molar-refractivity contribution is -0.137. The summed E-state index contributed by atoms with van der Waals surface area (Å²) in [5.41, 5.74) is 0.457. The van der Waals surface area contributed by atoms with Gasteiger partial charge in [-0.25, -0.2) is 0 Å². The molecule has 0 atom stereocenters. The molecule has 0 aliphatic carbocycles. The van der Waals surface area contributed by atoms with Crippen LogP contribution in [0.1, 0.15) is 36.4 Å². The minimum Gasteiger partial charge on any atom is -0.472 e. The molecule has 31 heavy (non-hydrogen) atoms. The van der Waals surface area contributed by atoms with Gasteiger partial charge in [-0.3, -0.25) is 9.36 Å². The van der Waals surface area contributed by atoms with E-state index in [1.54, 1.807) is 35.8 Å². The second-order valence-corrected chi connectivity index (χ2v) is 6.92. The van der Waals surface area contributed by atoms with Crippen LogP contribution in [0.3, 0.4) is 0 Å². The Hall–Kier alpha value is -3.29. The van der Waals surface area contributed by atoms with Crippen molar-refractivity contribution < 1.29 is 22.6 Å². The number of ether oxygens (including phenoxy) is 2. The minimum absolute atomic E-state index is 0.107. The molecule has 1 heterocycles. The van der Waals surface area contributed by atoms with E-state index in [0.717, 1.165) is 17.7 Å². The third-order valence-corrected chi connectivity index (χ3v) is 4.78. The maximum absolute atomic E-state index is 12.6. The van der Waals surface area contributed by atoms with Crippen molar-refractivity contribution >= 4 is 0 Å². The summed E-state index contributed by atoms with van der Waals surface area (Å²) in [5.74, 6) is 1.78. The van der Waals surface area contributed by atoms with Crippen LogP contribution in [-0.2, 0) is 25.7 Å². The molecule has 0 saturated heterocycles. The molecule has 8 heteroatoms. The Morgan fingerprint density at radius 2 is 1.55 bits per heavy atom. The maximum Gasteiger partial charge on any atom is 0.416 e. The molecule has 0 N–H and O–H groups in total. The van der Waals surface area contributed by atoms with E-state index in [1.165, 1.54) is 12.1 Å². The van der Waals surface area contributed by atoms with Crippen LogP contribution in [0.5, 0.6) is 17.4 Å². The van der Waals surface area contributed by atoms with Gasteiger partial charge in [0, 0.05) is 13.0 Å². The summed E-state index contributed by atoms with van der Waals surface area (Å²) < 4.78 is 50.9. The Labute approximate surface area is 178 Å². The maximum atomic E-state index is 12.6. The van der Waals surface area contributed by atoms with Crippen molar-refractivity contribution in [1.29, 1.82) is 0 Å². The molecule has 0 aliphatic heterocycles. The Kier molecular flexibility index (Phi) is 6.68. The lowest BCUT2D eigenvalue weighted by Crippen LogP contribution is -2.27. The van der Waals surface area contributed by atoms with Crippen LogP contribution in [0, 0.1) is 6.92 Å². The van der Waals surface area contributed by atoms with Crippen LogP contribution in [-0.4, -0.2) is 9.55 Å². The number of rotatable bonds is 7. The van der Waals surface area contributed by atoms with Gasteiger partial charge in [0.2, 0.25) is 5.88 Å².